The number of carbonyl (C=O) groups excluding carboxylic acids is 3. The minimum atomic E-state index is -0.850. The van der Waals surface area contributed by atoms with Crippen LogP contribution in [0.4, 0.5) is 11.4 Å². The molecule has 0 unspecified atom stereocenters. The van der Waals surface area contributed by atoms with Crippen LogP contribution < -0.4 is 10.2 Å². The van der Waals surface area contributed by atoms with E-state index < -0.39 is 5.25 Å². The van der Waals surface area contributed by atoms with Crippen LogP contribution in [-0.2, 0) is 14.4 Å². The molecular formula is C25H29N3O3S. The smallest absolute Gasteiger partial charge is 0.250 e. The second kappa shape index (κ2) is 9.77. The van der Waals surface area contributed by atoms with Crippen molar-refractivity contribution < 1.29 is 14.4 Å². The topological polar surface area (TPSA) is 69.7 Å². The standard InChI is InChI=1S/C25H29N3O3S/c1-17-13-18(2)15-19(14-17)26-22(29)16-28-20-9-5-6-10-21(20)32-23(25(28)31)24(30)27-11-7-3-4-8-12-27/h5-6,9-10,13-15,23H,3-4,7-8,11-12,16H2,1-2H3,(H,26,29)/t23-/m0/s1. The zero-order chi connectivity index (χ0) is 22.7. The quantitative estimate of drug-likeness (QED) is 0.709. The summed E-state index contributed by atoms with van der Waals surface area (Å²) in [6.07, 6.45) is 4.16. The van der Waals surface area contributed by atoms with Crippen molar-refractivity contribution in [1.82, 2.24) is 4.90 Å². The number of likely N-dealkylation sites (tertiary alicyclic amines) is 1. The number of aryl methyl sites for hydroxylation is 2. The number of hydrogen-bond donors (Lipinski definition) is 1. The van der Waals surface area contributed by atoms with Crippen LogP contribution in [0, 0.1) is 13.8 Å². The molecule has 7 heteroatoms. The van der Waals surface area contributed by atoms with E-state index in [9.17, 15) is 14.4 Å². The molecule has 0 aliphatic carbocycles. The zero-order valence-electron chi connectivity index (χ0n) is 18.6. The fourth-order valence-electron chi connectivity index (χ4n) is 4.38. The highest BCUT2D eigenvalue weighted by Crippen LogP contribution is 2.39. The maximum atomic E-state index is 13.4. The molecule has 4 rings (SSSR count). The minimum absolute atomic E-state index is 0.132. The molecule has 0 saturated carbocycles. The summed E-state index contributed by atoms with van der Waals surface area (Å²) in [6.45, 7) is 5.20. The first kappa shape index (κ1) is 22.4. The number of rotatable bonds is 4. The molecule has 1 N–H and O–H groups in total. The molecule has 1 atom stereocenters. The first-order valence-corrected chi connectivity index (χ1v) is 12.0. The van der Waals surface area contributed by atoms with Gasteiger partial charge in [0, 0.05) is 23.7 Å². The van der Waals surface area contributed by atoms with Crippen LogP contribution in [0.25, 0.3) is 0 Å². The van der Waals surface area contributed by atoms with Crippen LogP contribution in [-0.4, -0.2) is 47.5 Å². The summed E-state index contributed by atoms with van der Waals surface area (Å²) in [5.74, 6) is -0.749. The SMILES string of the molecule is Cc1cc(C)cc(NC(=O)CN2C(=O)[C@H](C(=O)N3CCCCCC3)Sc3ccccc32)c1. The fraction of sp³-hybridized carbons (Fsp3) is 0.400. The molecule has 2 aliphatic rings. The molecule has 6 nitrogen and oxygen atoms in total. The van der Waals surface area contributed by atoms with E-state index in [1.807, 2.05) is 61.2 Å². The van der Waals surface area contributed by atoms with E-state index in [-0.39, 0.29) is 24.3 Å². The third-order valence-corrected chi connectivity index (χ3v) is 7.08. The lowest BCUT2D eigenvalue weighted by Gasteiger charge is -2.34. The maximum Gasteiger partial charge on any atom is 0.250 e. The number of nitrogens with one attached hydrogen (secondary N) is 1. The summed E-state index contributed by atoms with van der Waals surface area (Å²) < 4.78 is 0. The Balaban J connectivity index is 1.55. The summed E-state index contributed by atoms with van der Waals surface area (Å²) in [4.78, 5) is 43.7. The highest BCUT2D eigenvalue weighted by atomic mass is 32.2. The van der Waals surface area contributed by atoms with Crippen LogP contribution in [0.15, 0.2) is 47.4 Å². The minimum Gasteiger partial charge on any atom is -0.341 e. The van der Waals surface area contributed by atoms with Crippen molar-refractivity contribution in [1.29, 1.82) is 0 Å². The van der Waals surface area contributed by atoms with Gasteiger partial charge in [0.25, 0.3) is 5.91 Å². The van der Waals surface area contributed by atoms with Gasteiger partial charge >= 0.3 is 0 Å². The summed E-state index contributed by atoms with van der Waals surface area (Å²) in [7, 11) is 0. The summed E-state index contributed by atoms with van der Waals surface area (Å²) in [5, 5.41) is 2.05. The van der Waals surface area contributed by atoms with E-state index >= 15 is 0 Å². The van der Waals surface area contributed by atoms with Crippen molar-refractivity contribution in [2.75, 3.05) is 29.9 Å². The molecule has 0 radical (unpaired) electrons. The summed E-state index contributed by atoms with van der Waals surface area (Å²) >= 11 is 1.30. The normalized spacial score (nSPS) is 18.7. The van der Waals surface area contributed by atoms with Gasteiger partial charge in [-0.15, -0.1) is 11.8 Å². The Labute approximate surface area is 193 Å². The Morgan fingerprint density at radius 2 is 1.66 bits per heavy atom. The first-order valence-electron chi connectivity index (χ1n) is 11.2. The number of thioether (sulfide) groups is 1. The van der Waals surface area contributed by atoms with Crippen LogP contribution >= 0.6 is 11.8 Å². The molecule has 0 spiro atoms. The summed E-state index contributed by atoms with van der Waals surface area (Å²) in [6, 6.07) is 13.3. The average molecular weight is 452 g/mol. The molecule has 2 aliphatic heterocycles. The Bertz CT molecular complexity index is 1010. The molecule has 3 amide bonds. The monoisotopic (exact) mass is 451 g/mol. The maximum absolute atomic E-state index is 13.4. The molecule has 2 aromatic carbocycles. The lowest BCUT2D eigenvalue weighted by atomic mass is 10.1. The van der Waals surface area contributed by atoms with Crippen molar-refractivity contribution in [3.8, 4) is 0 Å². The number of hydrogen-bond acceptors (Lipinski definition) is 4. The van der Waals surface area contributed by atoms with E-state index in [0.717, 1.165) is 41.7 Å². The Kier molecular flexibility index (Phi) is 6.84. The van der Waals surface area contributed by atoms with Gasteiger partial charge in [-0.05, 0) is 62.1 Å². The second-order valence-electron chi connectivity index (χ2n) is 8.55. The van der Waals surface area contributed by atoms with Gasteiger partial charge < -0.3 is 15.1 Å². The fourth-order valence-corrected chi connectivity index (χ4v) is 5.57. The average Bonchev–Trinajstić information content (AvgIpc) is 3.04. The van der Waals surface area contributed by atoms with Gasteiger partial charge in [0.05, 0.1) is 5.69 Å². The number of nitrogens with zero attached hydrogens (tertiary/aromatic N) is 2. The van der Waals surface area contributed by atoms with Gasteiger partial charge in [0.2, 0.25) is 11.8 Å². The molecule has 0 aromatic heterocycles. The van der Waals surface area contributed by atoms with Crippen LogP contribution in [0.2, 0.25) is 0 Å². The van der Waals surface area contributed by atoms with Gasteiger partial charge in [-0.25, -0.2) is 0 Å². The third-order valence-electron chi connectivity index (χ3n) is 5.84. The molecule has 1 fully saturated rings. The highest BCUT2D eigenvalue weighted by Gasteiger charge is 2.40. The third kappa shape index (κ3) is 4.99. The van der Waals surface area contributed by atoms with E-state index in [1.54, 1.807) is 0 Å². The first-order chi connectivity index (χ1) is 15.4. The van der Waals surface area contributed by atoms with E-state index in [0.29, 0.717) is 24.5 Å². The largest absolute Gasteiger partial charge is 0.341 e. The molecular weight excluding hydrogens is 422 g/mol. The van der Waals surface area contributed by atoms with Crippen molar-refractivity contribution >= 4 is 40.9 Å². The Hall–Kier alpha value is -2.80. The molecule has 0 bridgehead atoms. The van der Waals surface area contributed by atoms with Crippen molar-refractivity contribution in [2.45, 2.75) is 49.7 Å². The Morgan fingerprint density at radius 1 is 1.00 bits per heavy atom. The van der Waals surface area contributed by atoms with Gasteiger partial charge in [0.1, 0.15) is 6.54 Å². The molecule has 32 heavy (non-hydrogen) atoms. The van der Waals surface area contributed by atoms with E-state index in [4.69, 9.17) is 0 Å². The number of benzene rings is 2. The number of amides is 3. The second-order valence-corrected chi connectivity index (χ2v) is 9.70. The number of carbonyl (C=O) groups is 3. The molecule has 1 saturated heterocycles. The van der Waals surface area contributed by atoms with Crippen LogP contribution in [0.1, 0.15) is 36.8 Å². The highest BCUT2D eigenvalue weighted by molar-refractivity contribution is 8.01. The predicted molar refractivity (Wildman–Crippen MR) is 128 cm³/mol. The predicted octanol–water partition coefficient (Wildman–Crippen LogP) is 4.15. The molecule has 2 aromatic rings. The number of para-hydroxylation sites is 1. The van der Waals surface area contributed by atoms with Crippen LogP contribution in [0.5, 0.6) is 0 Å². The summed E-state index contributed by atoms with van der Waals surface area (Å²) in [5.41, 5.74) is 3.49. The number of anilines is 2. The Morgan fingerprint density at radius 3 is 2.34 bits per heavy atom. The van der Waals surface area contributed by atoms with Crippen LogP contribution in [0.3, 0.4) is 0 Å². The van der Waals surface area contributed by atoms with Crippen molar-refractivity contribution in [3.05, 3.63) is 53.6 Å². The number of fused-ring (bicyclic) bond motifs is 1. The van der Waals surface area contributed by atoms with Gasteiger partial charge in [-0.3, -0.25) is 14.4 Å². The van der Waals surface area contributed by atoms with Gasteiger partial charge in [-0.1, -0.05) is 31.0 Å². The van der Waals surface area contributed by atoms with Gasteiger partial charge in [-0.2, -0.15) is 0 Å². The van der Waals surface area contributed by atoms with E-state index in [1.165, 1.54) is 16.7 Å². The lowest BCUT2D eigenvalue weighted by Crippen LogP contribution is -2.51. The zero-order valence-corrected chi connectivity index (χ0v) is 19.4. The molecule has 168 valence electrons. The molecule has 2 heterocycles. The lowest BCUT2D eigenvalue weighted by molar-refractivity contribution is -0.135. The van der Waals surface area contributed by atoms with Crippen molar-refractivity contribution in [2.24, 2.45) is 0 Å². The van der Waals surface area contributed by atoms with E-state index in [2.05, 4.69) is 5.32 Å². The van der Waals surface area contributed by atoms with Gasteiger partial charge in [0.15, 0.2) is 5.25 Å². The van der Waals surface area contributed by atoms with Crippen molar-refractivity contribution in [3.63, 3.8) is 0 Å².